The third-order valence-electron chi connectivity index (χ3n) is 3.57. The van der Waals surface area contributed by atoms with E-state index in [1.165, 1.54) is 18.3 Å². The molecular weight excluding hydrogens is 329 g/mol. The smallest absolute Gasteiger partial charge is 0.349 e. The highest BCUT2D eigenvalue weighted by Gasteiger charge is 2.44. The molecule has 25 heavy (non-hydrogen) atoms. The van der Waals surface area contributed by atoms with Crippen LogP contribution in [-0.4, -0.2) is 34.2 Å². The van der Waals surface area contributed by atoms with E-state index in [2.05, 4.69) is 4.98 Å². The second kappa shape index (κ2) is 7.85. The van der Waals surface area contributed by atoms with Gasteiger partial charge in [0.25, 0.3) is 5.60 Å². The first-order valence-electron chi connectivity index (χ1n) is 7.62. The SMILES string of the molecule is CCOC(=O)C(C)(OCc1ccc(-c2ccc(F)cc2)nc1)C(=O)O. The van der Waals surface area contributed by atoms with E-state index in [9.17, 15) is 19.1 Å². The van der Waals surface area contributed by atoms with Crippen molar-refractivity contribution in [2.45, 2.75) is 26.1 Å². The zero-order valence-corrected chi connectivity index (χ0v) is 13.9. The summed E-state index contributed by atoms with van der Waals surface area (Å²) in [7, 11) is 0. The predicted molar refractivity (Wildman–Crippen MR) is 87.1 cm³/mol. The highest BCUT2D eigenvalue weighted by Crippen LogP contribution is 2.20. The number of carboxylic acids is 1. The molecule has 0 spiro atoms. The first-order chi connectivity index (χ1) is 11.9. The highest BCUT2D eigenvalue weighted by atomic mass is 19.1. The van der Waals surface area contributed by atoms with Crippen LogP contribution in [0.4, 0.5) is 4.39 Å². The van der Waals surface area contributed by atoms with Crippen molar-refractivity contribution in [2.24, 2.45) is 0 Å². The first-order valence-corrected chi connectivity index (χ1v) is 7.62. The fraction of sp³-hybridized carbons (Fsp3) is 0.278. The van der Waals surface area contributed by atoms with Gasteiger partial charge in [-0.05, 0) is 49.7 Å². The monoisotopic (exact) mass is 347 g/mol. The van der Waals surface area contributed by atoms with Gasteiger partial charge < -0.3 is 14.6 Å². The number of pyridine rings is 1. The first kappa shape index (κ1) is 18.5. The van der Waals surface area contributed by atoms with Crippen LogP contribution in [0.25, 0.3) is 11.3 Å². The zero-order valence-electron chi connectivity index (χ0n) is 13.9. The van der Waals surface area contributed by atoms with Gasteiger partial charge in [-0.25, -0.2) is 14.0 Å². The number of ether oxygens (including phenoxy) is 2. The van der Waals surface area contributed by atoms with Gasteiger partial charge in [0.05, 0.1) is 18.9 Å². The van der Waals surface area contributed by atoms with E-state index in [0.717, 1.165) is 12.5 Å². The summed E-state index contributed by atoms with van der Waals surface area (Å²) in [6.07, 6.45) is 1.51. The summed E-state index contributed by atoms with van der Waals surface area (Å²) in [5, 5.41) is 9.25. The maximum Gasteiger partial charge on any atom is 0.349 e. The summed E-state index contributed by atoms with van der Waals surface area (Å²) in [5.74, 6) is -2.72. The average molecular weight is 347 g/mol. The summed E-state index contributed by atoms with van der Waals surface area (Å²) in [6, 6.07) is 9.29. The van der Waals surface area contributed by atoms with Crippen molar-refractivity contribution >= 4 is 11.9 Å². The van der Waals surface area contributed by atoms with Crippen molar-refractivity contribution in [2.75, 3.05) is 6.61 Å². The van der Waals surface area contributed by atoms with E-state index >= 15 is 0 Å². The Morgan fingerprint density at radius 3 is 2.40 bits per heavy atom. The van der Waals surface area contributed by atoms with Crippen LogP contribution in [0.5, 0.6) is 0 Å². The Bertz CT molecular complexity index is 745. The number of carbonyl (C=O) groups excluding carboxylic acids is 1. The number of carbonyl (C=O) groups is 2. The Labute approximate surface area is 144 Å². The Kier molecular flexibility index (Phi) is 5.82. The molecule has 0 saturated heterocycles. The molecule has 1 heterocycles. The number of halogens is 1. The molecule has 0 saturated carbocycles. The molecule has 0 radical (unpaired) electrons. The molecule has 1 N–H and O–H groups in total. The molecule has 0 fully saturated rings. The minimum absolute atomic E-state index is 0.0545. The summed E-state index contributed by atoms with van der Waals surface area (Å²) in [5.41, 5.74) is -0.125. The van der Waals surface area contributed by atoms with E-state index in [0.29, 0.717) is 11.3 Å². The van der Waals surface area contributed by atoms with Crippen LogP contribution in [0.15, 0.2) is 42.6 Å². The third-order valence-corrected chi connectivity index (χ3v) is 3.57. The van der Waals surface area contributed by atoms with Crippen LogP contribution >= 0.6 is 0 Å². The number of aliphatic carboxylic acids is 1. The van der Waals surface area contributed by atoms with Gasteiger partial charge in [0.15, 0.2) is 0 Å². The van der Waals surface area contributed by atoms with Gasteiger partial charge in [0, 0.05) is 11.8 Å². The second-order valence-electron chi connectivity index (χ2n) is 5.41. The molecule has 1 atom stereocenters. The number of hydrogen-bond donors (Lipinski definition) is 1. The Balaban J connectivity index is 2.08. The Morgan fingerprint density at radius 1 is 1.20 bits per heavy atom. The second-order valence-corrected chi connectivity index (χ2v) is 5.41. The number of benzene rings is 1. The fourth-order valence-corrected chi connectivity index (χ4v) is 2.01. The van der Waals surface area contributed by atoms with E-state index in [1.54, 1.807) is 31.2 Å². The molecule has 2 aromatic rings. The summed E-state index contributed by atoms with van der Waals surface area (Å²) < 4.78 is 23.0. The quantitative estimate of drug-likeness (QED) is 0.612. The lowest BCUT2D eigenvalue weighted by atomic mass is 10.1. The molecule has 0 amide bonds. The van der Waals surface area contributed by atoms with Crippen molar-refractivity contribution < 1.29 is 28.6 Å². The number of aromatic nitrogens is 1. The molecule has 1 aromatic heterocycles. The van der Waals surface area contributed by atoms with Crippen molar-refractivity contribution in [1.29, 1.82) is 0 Å². The van der Waals surface area contributed by atoms with E-state index < -0.39 is 17.5 Å². The molecule has 1 aromatic carbocycles. The van der Waals surface area contributed by atoms with Crippen molar-refractivity contribution in [3.8, 4) is 11.3 Å². The van der Waals surface area contributed by atoms with Crippen LogP contribution < -0.4 is 0 Å². The minimum atomic E-state index is -2.09. The number of esters is 1. The molecule has 0 bridgehead atoms. The van der Waals surface area contributed by atoms with Crippen LogP contribution in [0, 0.1) is 5.82 Å². The molecule has 7 heteroatoms. The number of hydrogen-bond acceptors (Lipinski definition) is 5. The van der Waals surface area contributed by atoms with Crippen molar-refractivity contribution in [3.63, 3.8) is 0 Å². The normalized spacial score (nSPS) is 13.1. The largest absolute Gasteiger partial charge is 0.479 e. The maximum absolute atomic E-state index is 12.9. The van der Waals surface area contributed by atoms with Crippen LogP contribution in [-0.2, 0) is 25.7 Å². The standard InChI is InChI=1S/C18H18FNO5/c1-3-24-17(23)18(2,16(21)22)25-11-12-4-9-15(20-10-12)13-5-7-14(19)8-6-13/h4-10H,3,11H2,1-2H3,(H,21,22). The summed E-state index contributed by atoms with van der Waals surface area (Å²) in [4.78, 5) is 27.4. The summed E-state index contributed by atoms with van der Waals surface area (Å²) in [6.45, 7) is 2.66. The molecule has 0 aliphatic heterocycles. The lowest BCUT2D eigenvalue weighted by Gasteiger charge is -2.22. The lowest BCUT2D eigenvalue weighted by Crippen LogP contribution is -2.47. The zero-order chi connectivity index (χ0) is 18.4. The van der Waals surface area contributed by atoms with Crippen LogP contribution in [0.3, 0.4) is 0 Å². The number of carboxylic acid groups (broad SMARTS) is 1. The predicted octanol–water partition coefficient (Wildman–Crippen LogP) is 2.81. The topological polar surface area (TPSA) is 85.7 Å². The Hall–Kier alpha value is -2.80. The number of nitrogens with zero attached hydrogens (tertiary/aromatic N) is 1. The van der Waals surface area contributed by atoms with Gasteiger partial charge in [-0.1, -0.05) is 6.07 Å². The molecule has 132 valence electrons. The van der Waals surface area contributed by atoms with Gasteiger partial charge in [-0.15, -0.1) is 0 Å². The molecule has 2 rings (SSSR count). The van der Waals surface area contributed by atoms with Crippen molar-refractivity contribution in [1.82, 2.24) is 4.98 Å². The molecule has 0 aliphatic rings. The average Bonchev–Trinajstić information content (AvgIpc) is 2.61. The van der Waals surface area contributed by atoms with Crippen LogP contribution in [0.2, 0.25) is 0 Å². The molecular formula is C18H18FNO5. The van der Waals surface area contributed by atoms with Crippen molar-refractivity contribution in [3.05, 3.63) is 54.0 Å². The van der Waals surface area contributed by atoms with Gasteiger partial charge >= 0.3 is 11.9 Å². The molecule has 6 nitrogen and oxygen atoms in total. The highest BCUT2D eigenvalue weighted by molar-refractivity contribution is 6.02. The minimum Gasteiger partial charge on any atom is -0.479 e. The van der Waals surface area contributed by atoms with Gasteiger partial charge in [-0.2, -0.15) is 0 Å². The fourth-order valence-electron chi connectivity index (χ4n) is 2.01. The van der Waals surface area contributed by atoms with Gasteiger partial charge in [0.1, 0.15) is 5.82 Å². The summed E-state index contributed by atoms with van der Waals surface area (Å²) >= 11 is 0. The van der Waals surface area contributed by atoms with Gasteiger partial charge in [0.2, 0.25) is 0 Å². The lowest BCUT2D eigenvalue weighted by molar-refractivity contribution is -0.186. The van der Waals surface area contributed by atoms with Gasteiger partial charge in [-0.3, -0.25) is 4.98 Å². The van der Waals surface area contributed by atoms with E-state index in [1.807, 2.05) is 0 Å². The number of rotatable bonds is 7. The Morgan fingerprint density at radius 2 is 1.88 bits per heavy atom. The third kappa shape index (κ3) is 4.39. The molecule has 1 unspecified atom stereocenters. The van der Waals surface area contributed by atoms with Crippen LogP contribution in [0.1, 0.15) is 19.4 Å². The van der Waals surface area contributed by atoms with E-state index in [-0.39, 0.29) is 19.0 Å². The maximum atomic E-state index is 12.9. The molecule has 0 aliphatic carbocycles. The van der Waals surface area contributed by atoms with E-state index in [4.69, 9.17) is 9.47 Å².